The Morgan fingerprint density at radius 2 is 1.67 bits per heavy atom. The Kier molecular flexibility index (Phi) is 8.83. The molecule has 14 nitrogen and oxygen atoms in total. The van der Waals surface area contributed by atoms with Crippen molar-refractivity contribution < 1.29 is 36.1 Å². The summed E-state index contributed by atoms with van der Waals surface area (Å²) in [5, 5.41) is 6.56. The summed E-state index contributed by atoms with van der Waals surface area (Å²) in [6.07, 6.45) is 2.61. The molecule has 0 aromatic carbocycles. The molecule has 36 heavy (non-hydrogen) atoms. The number of methoxy groups -OCH3 is 3. The predicted molar refractivity (Wildman–Crippen MR) is 120 cm³/mol. The average molecular weight is 551 g/mol. The zero-order valence-corrected chi connectivity index (χ0v) is 20.9. The second-order valence-electron chi connectivity index (χ2n) is 6.86. The van der Waals surface area contributed by atoms with Gasteiger partial charge in [-0.1, -0.05) is 11.6 Å². The van der Waals surface area contributed by atoms with Gasteiger partial charge in [-0.3, -0.25) is 9.29 Å². The average Bonchev–Trinajstić information content (AvgIpc) is 3.24. The minimum absolute atomic E-state index is 0.0601. The van der Waals surface area contributed by atoms with Crippen LogP contribution >= 0.6 is 11.6 Å². The van der Waals surface area contributed by atoms with Gasteiger partial charge >= 0.3 is 6.61 Å². The lowest BCUT2D eigenvalue weighted by atomic mass is 10.2. The minimum Gasteiger partial charge on any atom is -0.479 e. The molecule has 2 unspecified atom stereocenters. The van der Waals surface area contributed by atoms with E-state index in [1.165, 1.54) is 40.6 Å². The zero-order chi connectivity index (χ0) is 26.5. The van der Waals surface area contributed by atoms with Crippen LogP contribution in [0.5, 0.6) is 11.8 Å². The van der Waals surface area contributed by atoms with Crippen molar-refractivity contribution in [2.45, 2.75) is 31.5 Å². The van der Waals surface area contributed by atoms with Crippen LogP contribution in [0, 0.1) is 0 Å². The number of nitrogens with one attached hydrogen (secondary N) is 1. The van der Waals surface area contributed by atoms with Crippen LogP contribution in [-0.2, 0) is 26.1 Å². The molecule has 0 aliphatic rings. The molecule has 0 saturated heterocycles. The summed E-state index contributed by atoms with van der Waals surface area (Å²) >= 11 is 5.81. The quantitative estimate of drug-likeness (QED) is 0.348. The number of sulfonamides is 1. The monoisotopic (exact) mass is 550 g/mol. The molecule has 2 atom stereocenters. The van der Waals surface area contributed by atoms with Gasteiger partial charge in [-0.15, -0.1) is 10.2 Å². The standard InChI is InChI=1S/C18H21ClF2N8O6S/c1-9(13(32-2)14-22-5-10(19)6-23-14)36(30,31)28-18-27-26-11(7-35-17(20)21)29(18)12-15(33-3)24-8-25-16(12)34-4/h5-6,8-9,13,17H,7H2,1-4H3,(H,27,28). The van der Waals surface area contributed by atoms with Crippen molar-refractivity contribution in [3.63, 3.8) is 0 Å². The number of anilines is 1. The van der Waals surface area contributed by atoms with Crippen LogP contribution in [0.2, 0.25) is 5.02 Å². The number of aromatic nitrogens is 7. The van der Waals surface area contributed by atoms with Gasteiger partial charge < -0.3 is 18.9 Å². The Balaban J connectivity index is 2.06. The van der Waals surface area contributed by atoms with E-state index >= 15 is 0 Å². The molecule has 0 spiro atoms. The van der Waals surface area contributed by atoms with E-state index in [9.17, 15) is 17.2 Å². The summed E-state index contributed by atoms with van der Waals surface area (Å²) in [5.41, 5.74) is -0.0601. The third-order valence-electron chi connectivity index (χ3n) is 4.73. The third kappa shape index (κ3) is 5.92. The number of hydrogen-bond acceptors (Lipinski definition) is 12. The van der Waals surface area contributed by atoms with Crippen LogP contribution in [0.25, 0.3) is 5.69 Å². The SMILES string of the molecule is COc1ncnc(OC)c1-n1c(COC(F)F)nnc1NS(=O)(=O)C(C)C(OC)c1ncc(Cl)cn1. The van der Waals surface area contributed by atoms with Crippen molar-refractivity contribution >= 4 is 27.6 Å². The molecule has 3 rings (SSSR count). The molecule has 3 aromatic rings. The maximum absolute atomic E-state index is 13.3. The second-order valence-corrected chi connectivity index (χ2v) is 9.33. The summed E-state index contributed by atoms with van der Waals surface area (Å²) < 4.78 is 75.5. The molecule has 18 heteroatoms. The van der Waals surface area contributed by atoms with E-state index in [0.29, 0.717) is 0 Å². The molecule has 0 saturated carbocycles. The van der Waals surface area contributed by atoms with Gasteiger partial charge in [0.25, 0.3) is 0 Å². The summed E-state index contributed by atoms with van der Waals surface area (Å²) in [7, 11) is -0.440. The van der Waals surface area contributed by atoms with Crippen LogP contribution in [0.1, 0.15) is 24.7 Å². The van der Waals surface area contributed by atoms with Crippen molar-refractivity contribution in [3.8, 4) is 17.4 Å². The van der Waals surface area contributed by atoms with Gasteiger partial charge in [-0.25, -0.2) is 18.4 Å². The van der Waals surface area contributed by atoms with E-state index in [1.54, 1.807) is 0 Å². The van der Waals surface area contributed by atoms with E-state index in [-0.39, 0.29) is 34.1 Å². The van der Waals surface area contributed by atoms with Crippen molar-refractivity contribution in [1.29, 1.82) is 0 Å². The van der Waals surface area contributed by atoms with Crippen LogP contribution < -0.4 is 14.2 Å². The first-order valence-corrected chi connectivity index (χ1v) is 11.8. The van der Waals surface area contributed by atoms with Gasteiger partial charge in [0.05, 0.1) is 19.2 Å². The zero-order valence-electron chi connectivity index (χ0n) is 19.3. The van der Waals surface area contributed by atoms with Crippen molar-refractivity contribution in [2.75, 3.05) is 26.1 Å². The maximum Gasteiger partial charge on any atom is 0.345 e. The molecule has 3 aromatic heterocycles. The number of ether oxygens (including phenoxy) is 4. The minimum atomic E-state index is -4.29. The molecule has 0 bridgehead atoms. The van der Waals surface area contributed by atoms with Gasteiger partial charge in [-0.05, 0) is 6.92 Å². The highest BCUT2D eigenvalue weighted by atomic mass is 35.5. The van der Waals surface area contributed by atoms with E-state index in [1.807, 2.05) is 0 Å². The van der Waals surface area contributed by atoms with Gasteiger partial charge in [-0.2, -0.15) is 18.7 Å². The summed E-state index contributed by atoms with van der Waals surface area (Å²) in [6, 6.07) is 0. The van der Waals surface area contributed by atoms with Gasteiger partial charge in [0.2, 0.25) is 27.7 Å². The lowest BCUT2D eigenvalue weighted by Gasteiger charge is -2.22. The fraction of sp³-hybridized carbons (Fsp3) is 0.444. The van der Waals surface area contributed by atoms with E-state index in [4.69, 9.17) is 25.8 Å². The van der Waals surface area contributed by atoms with Gasteiger partial charge in [0.1, 0.15) is 24.3 Å². The van der Waals surface area contributed by atoms with Gasteiger partial charge in [0.15, 0.2) is 17.3 Å². The number of hydrogen-bond donors (Lipinski definition) is 1. The summed E-state index contributed by atoms with van der Waals surface area (Å²) in [6.45, 7) is -2.53. The van der Waals surface area contributed by atoms with E-state index < -0.39 is 40.5 Å². The largest absolute Gasteiger partial charge is 0.479 e. The highest BCUT2D eigenvalue weighted by Crippen LogP contribution is 2.33. The fourth-order valence-electron chi connectivity index (χ4n) is 3.05. The molecule has 0 amide bonds. The Morgan fingerprint density at radius 1 is 1.06 bits per heavy atom. The van der Waals surface area contributed by atoms with Crippen LogP contribution in [0.3, 0.4) is 0 Å². The molecule has 3 heterocycles. The summed E-state index contributed by atoms with van der Waals surface area (Å²) in [4.78, 5) is 15.9. The second kappa shape index (κ2) is 11.6. The predicted octanol–water partition coefficient (Wildman–Crippen LogP) is 1.77. The first-order chi connectivity index (χ1) is 17.1. The van der Waals surface area contributed by atoms with E-state index in [0.717, 1.165) is 10.9 Å². The molecule has 1 N–H and O–H groups in total. The third-order valence-corrected chi connectivity index (χ3v) is 6.62. The Bertz CT molecular complexity index is 1260. The molecule has 0 fully saturated rings. The van der Waals surface area contributed by atoms with Gasteiger partial charge in [0, 0.05) is 19.5 Å². The van der Waals surface area contributed by atoms with Crippen molar-refractivity contribution in [3.05, 3.63) is 35.4 Å². The molecule has 0 aliphatic carbocycles. The Morgan fingerprint density at radius 3 is 2.19 bits per heavy atom. The highest BCUT2D eigenvalue weighted by molar-refractivity contribution is 7.93. The fourth-order valence-corrected chi connectivity index (χ4v) is 4.27. The smallest absolute Gasteiger partial charge is 0.345 e. The number of nitrogens with zero attached hydrogens (tertiary/aromatic N) is 7. The molecule has 0 aliphatic heterocycles. The lowest BCUT2D eigenvalue weighted by molar-refractivity contribution is -0.139. The molecule has 0 radical (unpaired) electrons. The van der Waals surface area contributed by atoms with Crippen LogP contribution in [-0.4, -0.2) is 76.3 Å². The highest BCUT2D eigenvalue weighted by Gasteiger charge is 2.35. The molecular formula is C18H21ClF2N8O6S. The summed E-state index contributed by atoms with van der Waals surface area (Å²) in [5.74, 6) is -0.744. The Hall–Kier alpha value is -3.28. The van der Waals surface area contributed by atoms with Crippen LogP contribution in [0.15, 0.2) is 18.7 Å². The Labute approximate surface area is 209 Å². The molecule has 196 valence electrons. The van der Waals surface area contributed by atoms with Crippen molar-refractivity contribution in [1.82, 2.24) is 34.7 Å². The molecular weight excluding hydrogens is 530 g/mol. The topological polar surface area (TPSA) is 165 Å². The number of rotatable bonds is 12. The van der Waals surface area contributed by atoms with E-state index in [2.05, 4.69) is 39.6 Å². The number of halogens is 3. The first-order valence-electron chi connectivity index (χ1n) is 9.92. The van der Waals surface area contributed by atoms with Crippen LogP contribution in [0.4, 0.5) is 14.7 Å². The van der Waals surface area contributed by atoms with Crippen molar-refractivity contribution in [2.24, 2.45) is 0 Å². The maximum atomic E-state index is 13.3. The first kappa shape index (κ1) is 27.3. The number of alkyl halides is 2. The normalized spacial score (nSPS) is 13.4. The lowest BCUT2D eigenvalue weighted by Crippen LogP contribution is -2.33.